The molecule has 0 saturated carbocycles. The summed E-state index contributed by atoms with van der Waals surface area (Å²) in [5, 5.41) is 109. The van der Waals surface area contributed by atoms with Crippen LogP contribution in [0.1, 0.15) is 23.6 Å². The van der Waals surface area contributed by atoms with E-state index in [1.807, 2.05) is 0 Å². The maximum absolute atomic E-state index is 11.1. The van der Waals surface area contributed by atoms with Gasteiger partial charge in [0.2, 0.25) is 12.6 Å². The summed E-state index contributed by atoms with van der Waals surface area (Å²) >= 11 is 0. The van der Waals surface area contributed by atoms with Gasteiger partial charge in [0.25, 0.3) is 0 Å². The van der Waals surface area contributed by atoms with Gasteiger partial charge in [0.1, 0.15) is 77.6 Å². The number of benzene rings is 4. The molecular weight excluding hydrogens is 736 g/mol. The number of carbonyl (C=O) groups excluding carboxylic acids is 1. The third kappa shape index (κ3) is 10.4. The number of aliphatic hydroxyl groups is 8. The zero-order valence-corrected chi connectivity index (χ0v) is 29.9. The number of aliphatic hydroxyl groups excluding tert-OH is 8. The van der Waals surface area contributed by atoms with Crippen molar-refractivity contribution in [2.45, 2.75) is 68.3 Å². The highest BCUT2D eigenvalue weighted by Crippen LogP contribution is 2.34. The van der Waals surface area contributed by atoms with Crippen molar-refractivity contribution in [1.29, 1.82) is 0 Å². The van der Waals surface area contributed by atoms with Crippen molar-refractivity contribution in [1.82, 2.24) is 0 Å². The average Bonchev–Trinajstić information content (AvgIpc) is 3.17. The predicted molar refractivity (Wildman–Crippen MR) is 199 cm³/mol. The van der Waals surface area contributed by atoms with Crippen LogP contribution in [-0.4, -0.2) is 137 Å². The van der Waals surface area contributed by atoms with Crippen LogP contribution in [0.5, 0.6) is 28.7 Å². The van der Waals surface area contributed by atoms with E-state index in [2.05, 4.69) is 0 Å². The Kier molecular flexibility index (Phi) is 14.0. The first-order chi connectivity index (χ1) is 26.7. The van der Waals surface area contributed by atoms with E-state index in [1.165, 1.54) is 31.2 Å². The normalized spacial score (nSPS) is 27.9. The molecule has 0 aromatic heterocycles. The molecule has 10 atom stereocenters. The highest BCUT2D eigenvalue weighted by atomic mass is 16.7. The molecule has 300 valence electrons. The fourth-order valence-electron chi connectivity index (χ4n) is 5.86. The molecule has 2 saturated heterocycles. The lowest BCUT2D eigenvalue weighted by atomic mass is 9.99. The second-order valence-electron chi connectivity index (χ2n) is 13.2. The quantitative estimate of drug-likeness (QED) is 0.0784. The summed E-state index contributed by atoms with van der Waals surface area (Å²) in [7, 11) is 0. The zero-order valence-electron chi connectivity index (χ0n) is 29.9. The van der Waals surface area contributed by atoms with E-state index in [9.17, 15) is 61.0 Å². The number of hydrogen-bond acceptors (Lipinski definition) is 16. The van der Waals surface area contributed by atoms with Gasteiger partial charge in [-0.3, -0.25) is 4.79 Å². The average molecular weight is 781 g/mol. The van der Waals surface area contributed by atoms with Gasteiger partial charge in [0, 0.05) is 17.5 Å². The number of phenolic OH excluding ortho intramolecular Hbond substituents is 3. The van der Waals surface area contributed by atoms with Crippen molar-refractivity contribution >= 4 is 34.8 Å². The maximum atomic E-state index is 11.1. The number of allylic oxidation sites excluding steroid dienone is 1. The first-order valence-electron chi connectivity index (χ1n) is 17.4. The first kappa shape index (κ1) is 42.0. The molecule has 0 radical (unpaired) electrons. The summed E-state index contributed by atoms with van der Waals surface area (Å²) in [6, 6.07) is 19.1. The van der Waals surface area contributed by atoms with Crippen molar-refractivity contribution in [2.24, 2.45) is 0 Å². The van der Waals surface area contributed by atoms with Crippen LogP contribution in [0.15, 0.2) is 78.9 Å². The van der Waals surface area contributed by atoms with Gasteiger partial charge in [0.15, 0.2) is 5.78 Å². The Labute approximate surface area is 320 Å². The van der Waals surface area contributed by atoms with Gasteiger partial charge in [-0.05, 0) is 71.5 Å². The SMILES string of the molecule is CC(=O)/C=C/c1ccc2cc(O[C@@H]3OC(CO)[C@@H](O)[C@@H](O)C3O)cc(O)c2c1.OCC1O[C@@H](Oc2cc(O)cc(/C=C/c3ccc(O)cc3)c2)C(O)[C@H](O)[C@@H]1O. The van der Waals surface area contributed by atoms with Crippen molar-refractivity contribution in [2.75, 3.05) is 13.2 Å². The number of aromatic hydroxyl groups is 3. The Morgan fingerprint density at radius 3 is 1.68 bits per heavy atom. The molecule has 16 heteroatoms. The monoisotopic (exact) mass is 780 g/mol. The maximum Gasteiger partial charge on any atom is 0.229 e. The minimum atomic E-state index is -1.56. The van der Waals surface area contributed by atoms with Gasteiger partial charge in [-0.1, -0.05) is 42.5 Å². The number of ketones is 1. The summed E-state index contributed by atoms with van der Waals surface area (Å²) in [5.41, 5.74) is 2.16. The molecule has 2 aliphatic rings. The molecule has 2 aliphatic heterocycles. The molecule has 0 bridgehead atoms. The van der Waals surface area contributed by atoms with Crippen LogP contribution < -0.4 is 9.47 Å². The van der Waals surface area contributed by atoms with Crippen LogP contribution in [0, 0.1) is 0 Å². The molecule has 4 aromatic carbocycles. The lowest BCUT2D eigenvalue weighted by Crippen LogP contribution is -2.60. The minimum Gasteiger partial charge on any atom is -0.508 e. The zero-order chi connectivity index (χ0) is 40.7. The molecule has 0 amide bonds. The molecule has 0 aliphatic carbocycles. The molecule has 4 unspecified atom stereocenters. The largest absolute Gasteiger partial charge is 0.508 e. The van der Waals surface area contributed by atoms with Gasteiger partial charge in [0.05, 0.1) is 13.2 Å². The molecule has 2 heterocycles. The van der Waals surface area contributed by atoms with Crippen molar-refractivity contribution < 1.29 is 79.9 Å². The smallest absolute Gasteiger partial charge is 0.229 e. The Morgan fingerprint density at radius 2 is 1.12 bits per heavy atom. The van der Waals surface area contributed by atoms with Crippen LogP contribution in [0.3, 0.4) is 0 Å². The molecular formula is C40H44O16. The van der Waals surface area contributed by atoms with E-state index in [4.69, 9.17) is 18.9 Å². The summed E-state index contributed by atoms with van der Waals surface area (Å²) in [4.78, 5) is 11.1. The van der Waals surface area contributed by atoms with Gasteiger partial charge < -0.3 is 75.1 Å². The Hall–Kier alpha value is -5.11. The molecule has 56 heavy (non-hydrogen) atoms. The van der Waals surface area contributed by atoms with Crippen LogP contribution in [0.4, 0.5) is 0 Å². The van der Waals surface area contributed by atoms with Gasteiger partial charge in [-0.25, -0.2) is 0 Å². The third-order valence-electron chi connectivity index (χ3n) is 8.92. The minimum absolute atomic E-state index is 0.0878. The Bertz CT molecular complexity index is 1990. The highest BCUT2D eigenvalue weighted by molar-refractivity contribution is 5.94. The van der Waals surface area contributed by atoms with Crippen molar-refractivity contribution in [3.05, 3.63) is 95.6 Å². The number of rotatable bonds is 10. The van der Waals surface area contributed by atoms with Crippen molar-refractivity contribution in [3.63, 3.8) is 0 Å². The Balaban J connectivity index is 0.000000214. The van der Waals surface area contributed by atoms with E-state index in [0.29, 0.717) is 16.3 Å². The van der Waals surface area contributed by atoms with Crippen LogP contribution in [0.2, 0.25) is 0 Å². The molecule has 4 aromatic rings. The topological polar surface area (TPSA) is 277 Å². The summed E-state index contributed by atoms with van der Waals surface area (Å²) in [6.07, 6.45) is -7.47. The lowest BCUT2D eigenvalue weighted by molar-refractivity contribution is -0.277. The van der Waals surface area contributed by atoms with E-state index < -0.39 is 74.6 Å². The van der Waals surface area contributed by atoms with Crippen LogP contribution in [-0.2, 0) is 14.3 Å². The van der Waals surface area contributed by atoms with Gasteiger partial charge in [-0.15, -0.1) is 0 Å². The van der Waals surface area contributed by atoms with Gasteiger partial charge >= 0.3 is 0 Å². The van der Waals surface area contributed by atoms with Crippen LogP contribution >= 0.6 is 0 Å². The summed E-state index contributed by atoms with van der Waals surface area (Å²) in [6.45, 7) is 0.313. The Morgan fingerprint density at radius 1 is 0.589 bits per heavy atom. The third-order valence-corrected chi connectivity index (χ3v) is 8.92. The number of carbonyl (C=O) groups is 1. The van der Waals surface area contributed by atoms with Crippen LogP contribution in [0.25, 0.3) is 29.0 Å². The first-order valence-corrected chi connectivity index (χ1v) is 17.4. The van der Waals surface area contributed by atoms with E-state index in [0.717, 1.165) is 11.1 Å². The molecule has 11 N–H and O–H groups in total. The second-order valence-corrected chi connectivity index (χ2v) is 13.2. The summed E-state index contributed by atoms with van der Waals surface area (Å²) < 4.78 is 21.7. The molecule has 16 nitrogen and oxygen atoms in total. The second kappa shape index (κ2) is 18.7. The number of ether oxygens (including phenoxy) is 4. The lowest BCUT2D eigenvalue weighted by Gasteiger charge is -2.39. The van der Waals surface area contributed by atoms with E-state index in [1.54, 1.807) is 72.8 Å². The predicted octanol–water partition coefficient (Wildman–Crippen LogP) is 0.773. The van der Waals surface area contributed by atoms with E-state index in [-0.39, 0.29) is 34.5 Å². The molecule has 6 rings (SSSR count). The number of phenols is 3. The molecule has 2 fully saturated rings. The fourth-order valence-corrected chi connectivity index (χ4v) is 5.86. The number of hydrogen-bond donors (Lipinski definition) is 11. The van der Waals surface area contributed by atoms with Crippen molar-refractivity contribution in [3.8, 4) is 28.7 Å². The van der Waals surface area contributed by atoms with Gasteiger partial charge in [-0.2, -0.15) is 0 Å². The fraction of sp³-hybridized carbons (Fsp3) is 0.325. The van der Waals surface area contributed by atoms with E-state index >= 15 is 0 Å². The summed E-state index contributed by atoms with van der Waals surface area (Å²) in [5.74, 6) is 0.218. The number of fused-ring (bicyclic) bond motifs is 1. The molecule has 0 spiro atoms. The standard InChI is InChI=1S/2C20H22O8/c1-10(22)2-3-11-4-5-12-7-13(8-15(23)14(12)6-11)27-20-19(26)18(25)17(24)16(9-21)28-20;21-10-16-17(24)18(25)19(26)20(28-16)27-15-8-12(7-14(23)9-15)2-1-11-3-5-13(22)6-4-11/h2-8,16-21,23-26H,9H2,1H3;1-9,16-26H,10H2/b3-2+;2-1+/t2*16?,17-,18-,19?,20-/m11/s1. The highest BCUT2D eigenvalue weighted by Gasteiger charge is 2.46.